The van der Waals surface area contributed by atoms with Crippen molar-refractivity contribution in [3.05, 3.63) is 22.3 Å². The third-order valence-corrected chi connectivity index (χ3v) is 5.00. The third kappa shape index (κ3) is 2.84. The smallest absolute Gasteiger partial charge is 0.283 e. The number of nitrogens with one attached hydrogen (secondary N) is 2. The monoisotopic (exact) mass is 316 g/mol. The van der Waals surface area contributed by atoms with Crippen molar-refractivity contribution in [2.24, 2.45) is 0 Å². The Morgan fingerprint density at radius 1 is 1.50 bits per heavy atom. The van der Waals surface area contributed by atoms with E-state index in [2.05, 4.69) is 19.9 Å². The van der Waals surface area contributed by atoms with Crippen molar-refractivity contribution in [1.82, 2.24) is 15.2 Å². The Morgan fingerprint density at radius 3 is 2.75 bits per heavy atom. The molecule has 0 aliphatic heterocycles. The average molecular weight is 316 g/mol. The molecule has 2 aromatic heterocycles. The van der Waals surface area contributed by atoms with E-state index in [1.807, 2.05) is 19.2 Å². The molecule has 7 nitrogen and oxygen atoms in total. The Kier molecular flexibility index (Phi) is 4.11. The van der Waals surface area contributed by atoms with Crippen LogP contribution in [0.4, 0.5) is 5.13 Å². The Labute approximate surface area is 121 Å². The second kappa shape index (κ2) is 5.51. The van der Waals surface area contributed by atoms with Gasteiger partial charge in [-0.05, 0) is 12.8 Å². The molecule has 0 unspecified atom stereocenters. The molecule has 0 aromatic carbocycles. The first-order valence-corrected chi connectivity index (χ1v) is 8.34. The van der Waals surface area contributed by atoms with Gasteiger partial charge in [-0.3, -0.25) is 9.82 Å². The fourth-order valence-corrected chi connectivity index (χ4v) is 3.92. The highest BCUT2D eigenvalue weighted by molar-refractivity contribution is 7.92. The summed E-state index contributed by atoms with van der Waals surface area (Å²) in [4.78, 5) is 4.21. The predicted octanol–water partition coefficient (Wildman–Crippen LogP) is 1.59. The molecular weight excluding hydrogens is 300 g/mol. The number of hydrogen-bond donors (Lipinski definition) is 3. The van der Waals surface area contributed by atoms with E-state index in [4.69, 9.17) is 0 Å². The van der Waals surface area contributed by atoms with E-state index < -0.39 is 16.6 Å². The van der Waals surface area contributed by atoms with E-state index in [1.54, 1.807) is 6.92 Å². The predicted molar refractivity (Wildman–Crippen MR) is 76.3 cm³/mol. The van der Waals surface area contributed by atoms with Crippen molar-refractivity contribution in [3.63, 3.8) is 0 Å². The molecule has 0 atom stereocenters. The number of aromatic nitrogens is 3. The summed E-state index contributed by atoms with van der Waals surface area (Å²) >= 11 is 1.22. The summed E-state index contributed by atoms with van der Waals surface area (Å²) in [5.74, 6) is 0.227. The van der Waals surface area contributed by atoms with Crippen molar-refractivity contribution in [2.75, 3.05) is 4.72 Å². The lowest BCUT2D eigenvalue weighted by Crippen LogP contribution is -2.15. The zero-order valence-corrected chi connectivity index (χ0v) is 13.0. The number of hydrogen-bond acceptors (Lipinski definition) is 6. The summed E-state index contributed by atoms with van der Waals surface area (Å²) in [5.41, 5.74) is 1.61. The summed E-state index contributed by atoms with van der Waals surface area (Å²) in [5, 5.41) is 17.4. The number of aryl methyl sites for hydroxylation is 1. The third-order valence-electron chi connectivity index (χ3n) is 2.78. The van der Waals surface area contributed by atoms with Gasteiger partial charge in [0.25, 0.3) is 10.0 Å². The minimum atomic E-state index is -3.85. The number of aliphatic hydroxyl groups is 1. The van der Waals surface area contributed by atoms with Gasteiger partial charge in [0.2, 0.25) is 5.03 Å². The van der Waals surface area contributed by atoms with E-state index >= 15 is 0 Å². The lowest BCUT2D eigenvalue weighted by Gasteiger charge is -2.04. The second-order valence-electron chi connectivity index (χ2n) is 4.63. The Balaban J connectivity index is 2.30. The molecule has 0 saturated heterocycles. The van der Waals surface area contributed by atoms with Gasteiger partial charge in [-0.2, -0.15) is 13.5 Å². The first kappa shape index (κ1) is 14.9. The van der Waals surface area contributed by atoms with Crippen LogP contribution in [-0.4, -0.2) is 28.7 Å². The highest BCUT2D eigenvalue weighted by Crippen LogP contribution is 2.25. The minimum Gasteiger partial charge on any atom is -0.392 e. The molecule has 2 heterocycles. The summed E-state index contributed by atoms with van der Waals surface area (Å²) in [6.07, 6.45) is 0. The van der Waals surface area contributed by atoms with Gasteiger partial charge >= 0.3 is 0 Å². The molecule has 0 fully saturated rings. The van der Waals surface area contributed by atoms with Crippen molar-refractivity contribution in [2.45, 2.75) is 38.3 Å². The Hall–Kier alpha value is -1.45. The molecule has 2 aromatic rings. The van der Waals surface area contributed by atoms with Crippen LogP contribution in [0, 0.1) is 6.92 Å². The standard InChI is InChI=1S/C11H16N4O3S2/c1-6(2)9-5-19-11(12-9)15-20(17,18)10-8(4-16)7(3)13-14-10/h5-6,16H,4H2,1-3H3,(H,12,15)(H,13,14). The highest BCUT2D eigenvalue weighted by atomic mass is 32.2. The molecule has 0 spiro atoms. The molecule has 0 bridgehead atoms. The maximum absolute atomic E-state index is 12.2. The van der Waals surface area contributed by atoms with Crippen LogP contribution in [0.1, 0.15) is 36.7 Å². The first-order chi connectivity index (χ1) is 9.35. The number of nitrogens with zero attached hydrogens (tertiary/aromatic N) is 2. The number of anilines is 1. The van der Waals surface area contributed by atoms with E-state index in [0.717, 1.165) is 5.69 Å². The van der Waals surface area contributed by atoms with Gasteiger partial charge in [0.1, 0.15) is 0 Å². The van der Waals surface area contributed by atoms with Crippen molar-refractivity contribution < 1.29 is 13.5 Å². The molecule has 0 aliphatic rings. The van der Waals surface area contributed by atoms with Gasteiger partial charge in [0.15, 0.2) is 5.13 Å². The van der Waals surface area contributed by atoms with Crippen LogP contribution in [0.5, 0.6) is 0 Å². The summed E-state index contributed by atoms with van der Waals surface area (Å²) in [6, 6.07) is 0. The van der Waals surface area contributed by atoms with Gasteiger partial charge in [-0.15, -0.1) is 11.3 Å². The molecule has 20 heavy (non-hydrogen) atoms. The van der Waals surface area contributed by atoms with Crippen LogP contribution >= 0.6 is 11.3 Å². The van der Waals surface area contributed by atoms with Crippen molar-refractivity contribution in [1.29, 1.82) is 0 Å². The number of rotatable bonds is 5. The highest BCUT2D eigenvalue weighted by Gasteiger charge is 2.24. The maximum Gasteiger partial charge on any atom is 0.283 e. The summed E-state index contributed by atoms with van der Waals surface area (Å²) in [7, 11) is -3.85. The quantitative estimate of drug-likeness (QED) is 0.776. The van der Waals surface area contributed by atoms with E-state index in [0.29, 0.717) is 10.8 Å². The van der Waals surface area contributed by atoms with Gasteiger partial charge in [-0.25, -0.2) is 4.98 Å². The zero-order chi connectivity index (χ0) is 14.9. The normalized spacial score (nSPS) is 12.1. The van der Waals surface area contributed by atoms with E-state index in [9.17, 15) is 13.5 Å². The van der Waals surface area contributed by atoms with Crippen LogP contribution in [0.2, 0.25) is 0 Å². The van der Waals surface area contributed by atoms with Crippen LogP contribution in [-0.2, 0) is 16.6 Å². The molecule has 0 amide bonds. The van der Waals surface area contributed by atoms with Crippen molar-refractivity contribution >= 4 is 26.5 Å². The largest absolute Gasteiger partial charge is 0.392 e. The summed E-state index contributed by atoms with van der Waals surface area (Å²) in [6.45, 7) is 5.22. The molecule has 110 valence electrons. The number of H-pyrrole nitrogens is 1. The minimum absolute atomic E-state index is 0.196. The second-order valence-corrected chi connectivity index (χ2v) is 7.08. The Bertz CT molecular complexity index is 703. The summed E-state index contributed by atoms with van der Waals surface area (Å²) < 4.78 is 26.9. The van der Waals surface area contributed by atoms with Crippen LogP contribution in [0.15, 0.2) is 10.4 Å². The van der Waals surface area contributed by atoms with Gasteiger partial charge in [-0.1, -0.05) is 13.8 Å². The molecule has 9 heteroatoms. The van der Waals surface area contributed by atoms with Crippen LogP contribution < -0.4 is 4.72 Å². The van der Waals surface area contributed by atoms with E-state index in [1.165, 1.54) is 11.3 Å². The van der Waals surface area contributed by atoms with Gasteiger partial charge in [0.05, 0.1) is 12.3 Å². The van der Waals surface area contributed by atoms with Crippen LogP contribution in [0.3, 0.4) is 0 Å². The molecule has 0 radical (unpaired) electrons. The topological polar surface area (TPSA) is 108 Å². The number of aliphatic hydroxyl groups excluding tert-OH is 1. The van der Waals surface area contributed by atoms with Crippen LogP contribution in [0.25, 0.3) is 0 Å². The number of thiazole rings is 1. The number of aromatic amines is 1. The first-order valence-electron chi connectivity index (χ1n) is 5.98. The lowest BCUT2D eigenvalue weighted by atomic mass is 10.2. The van der Waals surface area contributed by atoms with E-state index in [-0.39, 0.29) is 16.5 Å². The average Bonchev–Trinajstić information content (AvgIpc) is 2.95. The van der Waals surface area contributed by atoms with Gasteiger partial charge < -0.3 is 5.11 Å². The zero-order valence-electron chi connectivity index (χ0n) is 11.3. The SMILES string of the molecule is Cc1[nH]nc(S(=O)(=O)Nc2nc(C(C)C)cs2)c1CO. The molecule has 0 saturated carbocycles. The Morgan fingerprint density at radius 2 is 2.20 bits per heavy atom. The molecule has 2 rings (SSSR count). The van der Waals surface area contributed by atoms with Crippen molar-refractivity contribution in [3.8, 4) is 0 Å². The number of sulfonamides is 1. The molecule has 3 N–H and O–H groups in total. The fraction of sp³-hybridized carbons (Fsp3) is 0.455. The fourth-order valence-electron chi connectivity index (χ4n) is 1.60. The maximum atomic E-state index is 12.2. The molecular formula is C11H16N4O3S2. The lowest BCUT2D eigenvalue weighted by molar-refractivity contribution is 0.277. The molecule has 0 aliphatic carbocycles. The van der Waals surface area contributed by atoms with Gasteiger partial charge in [0, 0.05) is 16.6 Å².